The van der Waals surface area contributed by atoms with E-state index in [0.29, 0.717) is 0 Å². The van der Waals surface area contributed by atoms with Gasteiger partial charge in [-0.05, 0) is 62.2 Å². The second kappa shape index (κ2) is 6.54. The minimum Gasteiger partial charge on any atom is -0.0622 e. The molecule has 1 spiro atoms. The normalized spacial score (nSPS) is 17.0. The minimum absolute atomic E-state index is 0.281. The molecule has 1 heteroatoms. The van der Waals surface area contributed by atoms with Crippen molar-refractivity contribution in [3.8, 4) is 33.4 Å². The Hall–Kier alpha value is -3.42. The summed E-state index contributed by atoms with van der Waals surface area (Å²) in [5, 5.41) is 0. The van der Waals surface area contributed by atoms with Crippen LogP contribution >= 0.6 is 15.9 Å². The van der Waals surface area contributed by atoms with E-state index in [-0.39, 0.29) is 5.41 Å². The lowest BCUT2D eigenvalue weighted by Crippen LogP contribution is -2.25. The third-order valence-corrected chi connectivity index (χ3v) is 7.83. The zero-order valence-corrected chi connectivity index (χ0v) is 18.9. The summed E-state index contributed by atoms with van der Waals surface area (Å²) in [6, 6.07) is 42.3. The van der Waals surface area contributed by atoms with Crippen molar-refractivity contribution in [3.63, 3.8) is 0 Å². The molecule has 7 rings (SSSR count). The monoisotopic (exact) mass is 470 g/mol. The van der Waals surface area contributed by atoms with E-state index in [9.17, 15) is 0 Å². The molecule has 0 fully saturated rings. The molecule has 0 saturated heterocycles. The van der Waals surface area contributed by atoms with Crippen molar-refractivity contribution in [1.82, 2.24) is 0 Å². The Morgan fingerprint density at radius 1 is 0.438 bits per heavy atom. The summed E-state index contributed by atoms with van der Waals surface area (Å²) in [6.45, 7) is 0. The molecule has 2 aliphatic rings. The van der Waals surface area contributed by atoms with E-state index in [0.717, 1.165) is 4.47 Å². The molecule has 5 aromatic carbocycles. The molecule has 1 atom stereocenters. The molecular formula is C31H19Br. The van der Waals surface area contributed by atoms with Crippen LogP contribution in [0.5, 0.6) is 0 Å². The standard InChI is InChI=1S/C31H19Br/c32-29-16-8-15-28-30(29)23-12-5-7-14-26(23)31(28)25-13-6-4-11-22(25)24-19-21(17-18-27(24)31)20-9-2-1-3-10-20/h1-19H. The zero-order valence-electron chi connectivity index (χ0n) is 17.3. The second-order valence-electron chi connectivity index (χ2n) is 8.63. The fourth-order valence-electron chi connectivity index (χ4n) is 5.96. The van der Waals surface area contributed by atoms with Crippen LogP contribution in [0.15, 0.2) is 120 Å². The van der Waals surface area contributed by atoms with Crippen LogP contribution in [-0.2, 0) is 5.41 Å². The maximum absolute atomic E-state index is 3.87. The van der Waals surface area contributed by atoms with Crippen LogP contribution in [-0.4, -0.2) is 0 Å². The summed E-state index contributed by atoms with van der Waals surface area (Å²) in [7, 11) is 0. The summed E-state index contributed by atoms with van der Waals surface area (Å²) in [5.74, 6) is 0. The van der Waals surface area contributed by atoms with E-state index in [1.54, 1.807) is 0 Å². The summed E-state index contributed by atoms with van der Waals surface area (Å²) in [5.41, 5.74) is 13.0. The van der Waals surface area contributed by atoms with Crippen LogP contribution in [0, 0.1) is 0 Å². The lowest BCUT2D eigenvalue weighted by atomic mass is 9.70. The van der Waals surface area contributed by atoms with Gasteiger partial charge in [0.1, 0.15) is 0 Å². The van der Waals surface area contributed by atoms with Crippen LogP contribution in [0.4, 0.5) is 0 Å². The van der Waals surface area contributed by atoms with Crippen LogP contribution in [0.1, 0.15) is 22.3 Å². The second-order valence-corrected chi connectivity index (χ2v) is 9.48. The molecule has 32 heavy (non-hydrogen) atoms. The Labute approximate surface area is 196 Å². The lowest BCUT2D eigenvalue weighted by molar-refractivity contribution is 0.793. The minimum atomic E-state index is -0.281. The average molecular weight is 471 g/mol. The van der Waals surface area contributed by atoms with Crippen molar-refractivity contribution in [2.24, 2.45) is 0 Å². The van der Waals surface area contributed by atoms with Crippen molar-refractivity contribution in [3.05, 3.63) is 142 Å². The average Bonchev–Trinajstić information content (AvgIpc) is 3.32. The third-order valence-electron chi connectivity index (χ3n) is 7.17. The van der Waals surface area contributed by atoms with Gasteiger partial charge in [0.2, 0.25) is 0 Å². The van der Waals surface area contributed by atoms with E-state index >= 15 is 0 Å². The number of benzene rings is 5. The SMILES string of the molecule is Brc1cccc2c1-c1ccccc1C21c2ccccc2-c2cc(-c3ccccc3)ccc21. The molecule has 0 aromatic heterocycles. The van der Waals surface area contributed by atoms with Gasteiger partial charge >= 0.3 is 0 Å². The largest absolute Gasteiger partial charge is 0.0725 e. The fourth-order valence-corrected chi connectivity index (χ4v) is 6.54. The van der Waals surface area contributed by atoms with Gasteiger partial charge in [0.05, 0.1) is 5.41 Å². The smallest absolute Gasteiger partial charge is 0.0622 e. The number of fused-ring (bicyclic) bond motifs is 10. The Morgan fingerprint density at radius 3 is 1.88 bits per heavy atom. The molecular weight excluding hydrogens is 452 g/mol. The highest BCUT2D eigenvalue weighted by atomic mass is 79.9. The van der Waals surface area contributed by atoms with E-state index < -0.39 is 0 Å². The molecule has 0 radical (unpaired) electrons. The first kappa shape index (κ1) is 18.2. The highest BCUT2D eigenvalue weighted by Crippen LogP contribution is 2.63. The van der Waals surface area contributed by atoms with Crippen LogP contribution in [0.25, 0.3) is 33.4 Å². The number of hydrogen-bond donors (Lipinski definition) is 0. The molecule has 0 bridgehead atoms. The molecule has 0 amide bonds. The Morgan fingerprint density at radius 2 is 1.06 bits per heavy atom. The van der Waals surface area contributed by atoms with Gasteiger partial charge in [0.25, 0.3) is 0 Å². The van der Waals surface area contributed by atoms with Gasteiger partial charge in [-0.15, -0.1) is 0 Å². The summed E-state index contributed by atoms with van der Waals surface area (Å²) >= 11 is 3.87. The molecule has 1 unspecified atom stereocenters. The van der Waals surface area contributed by atoms with Crippen molar-refractivity contribution in [2.75, 3.05) is 0 Å². The first-order valence-electron chi connectivity index (χ1n) is 11.0. The molecule has 0 saturated carbocycles. The van der Waals surface area contributed by atoms with Crippen molar-refractivity contribution >= 4 is 15.9 Å². The first-order chi connectivity index (χ1) is 15.8. The van der Waals surface area contributed by atoms with E-state index in [1.165, 1.54) is 55.6 Å². The van der Waals surface area contributed by atoms with Crippen molar-refractivity contribution in [1.29, 1.82) is 0 Å². The third kappa shape index (κ3) is 2.17. The van der Waals surface area contributed by atoms with Gasteiger partial charge in [-0.2, -0.15) is 0 Å². The van der Waals surface area contributed by atoms with Crippen molar-refractivity contribution < 1.29 is 0 Å². The number of hydrogen-bond acceptors (Lipinski definition) is 0. The Balaban J connectivity index is 1.62. The van der Waals surface area contributed by atoms with Gasteiger partial charge in [-0.3, -0.25) is 0 Å². The Bertz CT molecular complexity index is 1530. The summed E-state index contributed by atoms with van der Waals surface area (Å²) < 4.78 is 1.16. The number of rotatable bonds is 1. The highest BCUT2D eigenvalue weighted by molar-refractivity contribution is 9.10. The maximum Gasteiger partial charge on any atom is 0.0725 e. The fraction of sp³-hybridized carbons (Fsp3) is 0.0323. The van der Waals surface area contributed by atoms with Gasteiger partial charge in [0.15, 0.2) is 0 Å². The predicted molar refractivity (Wildman–Crippen MR) is 136 cm³/mol. The molecule has 0 heterocycles. The molecule has 0 aliphatic heterocycles. The molecule has 5 aromatic rings. The highest BCUT2D eigenvalue weighted by Gasteiger charge is 2.51. The summed E-state index contributed by atoms with van der Waals surface area (Å²) in [4.78, 5) is 0. The summed E-state index contributed by atoms with van der Waals surface area (Å²) in [6.07, 6.45) is 0. The van der Waals surface area contributed by atoms with E-state index in [4.69, 9.17) is 0 Å². The predicted octanol–water partition coefficient (Wildman–Crippen LogP) is 8.46. The zero-order chi connectivity index (χ0) is 21.3. The molecule has 0 nitrogen and oxygen atoms in total. The Kier molecular flexibility index (Phi) is 3.72. The van der Waals surface area contributed by atoms with Gasteiger partial charge in [0, 0.05) is 10.0 Å². The van der Waals surface area contributed by atoms with E-state index in [2.05, 4.69) is 131 Å². The molecule has 2 aliphatic carbocycles. The van der Waals surface area contributed by atoms with Crippen LogP contribution in [0.3, 0.4) is 0 Å². The quantitative estimate of drug-likeness (QED) is 0.225. The van der Waals surface area contributed by atoms with E-state index in [1.807, 2.05) is 0 Å². The topological polar surface area (TPSA) is 0 Å². The molecule has 150 valence electrons. The maximum atomic E-state index is 3.87. The van der Waals surface area contributed by atoms with Crippen LogP contribution in [0.2, 0.25) is 0 Å². The van der Waals surface area contributed by atoms with Crippen molar-refractivity contribution in [2.45, 2.75) is 5.41 Å². The molecule has 0 N–H and O–H groups in total. The van der Waals surface area contributed by atoms with Gasteiger partial charge in [-0.1, -0.05) is 119 Å². The van der Waals surface area contributed by atoms with Gasteiger partial charge in [-0.25, -0.2) is 0 Å². The first-order valence-corrected chi connectivity index (χ1v) is 11.8. The lowest BCUT2D eigenvalue weighted by Gasteiger charge is -2.30. The van der Waals surface area contributed by atoms with Gasteiger partial charge < -0.3 is 0 Å². The van der Waals surface area contributed by atoms with Crippen LogP contribution < -0.4 is 0 Å². The number of halogens is 1.